The second kappa shape index (κ2) is 19.3. The van der Waals surface area contributed by atoms with Gasteiger partial charge in [0.15, 0.2) is 0 Å². The number of ether oxygens (including phenoxy) is 2. The van der Waals surface area contributed by atoms with Gasteiger partial charge in [0, 0.05) is 6.61 Å². The Hall–Kier alpha value is -2.91. The maximum absolute atomic E-state index is 13.2. The van der Waals surface area contributed by atoms with Crippen LogP contribution in [-0.4, -0.2) is 12.6 Å². The molecular formula is C39H54O3. The Bertz CT molecular complexity index is 1150. The zero-order chi connectivity index (χ0) is 30.0. The third-order valence-corrected chi connectivity index (χ3v) is 8.26. The molecule has 0 bridgehead atoms. The lowest BCUT2D eigenvalue weighted by atomic mass is 9.88. The highest BCUT2D eigenvalue weighted by Gasteiger charge is 2.18. The quantitative estimate of drug-likeness (QED) is 0.0770. The van der Waals surface area contributed by atoms with Gasteiger partial charge in [-0.1, -0.05) is 140 Å². The van der Waals surface area contributed by atoms with Crippen molar-refractivity contribution >= 4 is 5.97 Å². The van der Waals surface area contributed by atoms with Crippen molar-refractivity contribution in [3.63, 3.8) is 0 Å². The van der Waals surface area contributed by atoms with Crippen LogP contribution in [0.25, 0.3) is 11.1 Å². The van der Waals surface area contributed by atoms with Gasteiger partial charge in [0.25, 0.3) is 0 Å². The van der Waals surface area contributed by atoms with Crippen LogP contribution in [0.5, 0.6) is 5.75 Å². The van der Waals surface area contributed by atoms with E-state index in [1.165, 1.54) is 68.9 Å². The monoisotopic (exact) mass is 570 g/mol. The summed E-state index contributed by atoms with van der Waals surface area (Å²) in [5, 5.41) is 0. The van der Waals surface area contributed by atoms with Gasteiger partial charge in [0.1, 0.15) is 5.75 Å². The summed E-state index contributed by atoms with van der Waals surface area (Å²) >= 11 is 0. The van der Waals surface area contributed by atoms with Crippen molar-refractivity contribution in [3.05, 3.63) is 89.5 Å². The van der Waals surface area contributed by atoms with Crippen molar-refractivity contribution in [1.82, 2.24) is 0 Å². The molecule has 3 heteroatoms. The van der Waals surface area contributed by atoms with Crippen molar-refractivity contribution in [2.24, 2.45) is 0 Å². The molecule has 3 rings (SSSR count). The van der Waals surface area contributed by atoms with E-state index in [4.69, 9.17) is 9.47 Å². The van der Waals surface area contributed by atoms with E-state index in [0.29, 0.717) is 17.2 Å². The van der Waals surface area contributed by atoms with Crippen LogP contribution >= 0.6 is 0 Å². The van der Waals surface area contributed by atoms with Crippen LogP contribution < -0.4 is 4.74 Å². The summed E-state index contributed by atoms with van der Waals surface area (Å²) in [5.74, 6) is 0.824. The molecule has 0 aliphatic carbocycles. The smallest absolute Gasteiger partial charge is 0.343 e. The average Bonchev–Trinajstić information content (AvgIpc) is 3.02. The van der Waals surface area contributed by atoms with Gasteiger partial charge in [-0.15, -0.1) is 0 Å². The highest BCUT2D eigenvalue weighted by Crippen LogP contribution is 2.34. The maximum Gasteiger partial charge on any atom is 0.343 e. The molecule has 0 aromatic heterocycles. The van der Waals surface area contributed by atoms with Crippen LogP contribution in [0.15, 0.2) is 72.8 Å². The molecule has 0 saturated heterocycles. The molecule has 0 radical (unpaired) electrons. The van der Waals surface area contributed by atoms with Crippen LogP contribution in [0.3, 0.4) is 0 Å². The van der Waals surface area contributed by atoms with Crippen LogP contribution in [0.2, 0.25) is 0 Å². The van der Waals surface area contributed by atoms with E-state index in [9.17, 15) is 4.79 Å². The van der Waals surface area contributed by atoms with E-state index in [1.54, 1.807) is 0 Å². The summed E-state index contributed by atoms with van der Waals surface area (Å²) in [4.78, 5) is 13.2. The summed E-state index contributed by atoms with van der Waals surface area (Å²) in [6.45, 7) is 9.49. The molecule has 0 N–H and O–H groups in total. The lowest BCUT2D eigenvalue weighted by Gasteiger charge is -2.20. The molecule has 3 aromatic carbocycles. The van der Waals surface area contributed by atoms with E-state index in [1.807, 2.05) is 36.4 Å². The topological polar surface area (TPSA) is 35.5 Å². The highest BCUT2D eigenvalue weighted by atomic mass is 16.5. The van der Waals surface area contributed by atoms with Gasteiger partial charge in [0.2, 0.25) is 0 Å². The lowest BCUT2D eigenvalue weighted by Crippen LogP contribution is -2.11. The van der Waals surface area contributed by atoms with Crippen molar-refractivity contribution < 1.29 is 14.3 Å². The normalized spacial score (nSPS) is 12.7. The van der Waals surface area contributed by atoms with Gasteiger partial charge in [-0.2, -0.15) is 0 Å². The van der Waals surface area contributed by atoms with E-state index in [0.717, 1.165) is 43.4 Å². The zero-order valence-electron chi connectivity index (χ0n) is 26.7. The first-order chi connectivity index (χ1) is 20.6. The van der Waals surface area contributed by atoms with Gasteiger partial charge in [-0.05, 0) is 72.6 Å². The fraction of sp³-hybridized carbons (Fsp3) is 0.513. The molecule has 0 amide bonds. The SMILES string of the molecule is CCCCCCCCCCCC(CCC)c1ccccc1OC(=O)c1ccc(-c2ccc(C(C)OCCC)cc2)cc1. The Balaban J connectivity index is 1.57. The van der Waals surface area contributed by atoms with Gasteiger partial charge in [0.05, 0.1) is 11.7 Å². The molecule has 3 nitrogen and oxygen atoms in total. The van der Waals surface area contributed by atoms with Gasteiger partial charge < -0.3 is 9.47 Å². The van der Waals surface area contributed by atoms with Crippen molar-refractivity contribution in [3.8, 4) is 16.9 Å². The number of benzene rings is 3. The summed E-state index contributed by atoms with van der Waals surface area (Å²) in [5.41, 5.74) is 5.10. The summed E-state index contributed by atoms with van der Waals surface area (Å²) < 4.78 is 11.9. The minimum atomic E-state index is -0.301. The fourth-order valence-electron chi connectivity index (χ4n) is 5.71. The Kier molecular flexibility index (Phi) is 15.4. The third-order valence-electron chi connectivity index (χ3n) is 8.26. The van der Waals surface area contributed by atoms with E-state index in [2.05, 4.69) is 64.1 Å². The number of unbranched alkanes of at least 4 members (excludes halogenated alkanes) is 8. The number of hydrogen-bond acceptors (Lipinski definition) is 3. The molecule has 228 valence electrons. The Morgan fingerprint density at radius 1 is 0.643 bits per heavy atom. The third kappa shape index (κ3) is 11.1. The number of rotatable bonds is 20. The van der Waals surface area contributed by atoms with E-state index >= 15 is 0 Å². The van der Waals surface area contributed by atoms with Crippen LogP contribution in [0, 0.1) is 0 Å². The zero-order valence-corrected chi connectivity index (χ0v) is 26.7. The molecule has 0 aliphatic heterocycles. The first-order valence-electron chi connectivity index (χ1n) is 16.7. The van der Waals surface area contributed by atoms with Crippen LogP contribution in [-0.2, 0) is 4.74 Å². The molecule has 0 aliphatic rings. The lowest BCUT2D eigenvalue weighted by molar-refractivity contribution is 0.0662. The highest BCUT2D eigenvalue weighted by molar-refractivity contribution is 5.91. The first kappa shape index (κ1) is 33.6. The number of carbonyl (C=O) groups excluding carboxylic acids is 1. The van der Waals surface area contributed by atoms with Crippen molar-refractivity contribution in [1.29, 1.82) is 0 Å². The Labute approximate surface area is 256 Å². The van der Waals surface area contributed by atoms with Crippen molar-refractivity contribution in [2.75, 3.05) is 6.61 Å². The number of esters is 1. The minimum Gasteiger partial charge on any atom is -0.423 e. The summed E-state index contributed by atoms with van der Waals surface area (Å²) in [6.07, 6.45) is 16.5. The number of carbonyl (C=O) groups is 1. The molecular weight excluding hydrogens is 516 g/mol. The number of hydrogen-bond donors (Lipinski definition) is 0. The summed E-state index contributed by atoms with van der Waals surface area (Å²) in [7, 11) is 0. The largest absolute Gasteiger partial charge is 0.423 e. The molecule has 42 heavy (non-hydrogen) atoms. The molecule has 3 aromatic rings. The predicted molar refractivity (Wildman–Crippen MR) is 177 cm³/mol. The van der Waals surface area contributed by atoms with E-state index in [-0.39, 0.29) is 12.1 Å². The van der Waals surface area contributed by atoms with Crippen molar-refractivity contribution in [2.45, 2.75) is 123 Å². The second-order valence-corrected chi connectivity index (χ2v) is 11.7. The number of para-hydroxylation sites is 1. The molecule has 0 spiro atoms. The second-order valence-electron chi connectivity index (χ2n) is 11.7. The van der Waals surface area contributed by atoms with Gasteiger partial charge >= 0.3 is 5.97 Å². The summed E-state index contributed by atoms with van der Waals surface area (Å²) in [6, 6.07) is 24.4. The van der Waals surface area contributed by atoms with Gasteiger partial charge in [-0.25, -0.2) is 4.79 Å². The predicted octanol–water partition coefficient (Wildman–Crippen LogP) is 11.9. The van der Waals surface area contributed by atoms with E-state index < -0.39 is 0 Å². The van der Waals surface area contributed by atoms with Crippen LogP contribution in [0.1, 0.15) is 145 Å². The first-order valence-corrected chi connectivity index (χ1v) is 16.7. The maximum atomic E-state index is 13.2. The molecule has 2 atom stereocenters. The molecule has 0 saturated carbocycles. The molecule has 2 unspecified atom stereocenters. The van der Waals surface area contributed by atoms with Gasteiger partial charge in [-0.3, -0.25) is 0 Å². The van der Waals surface area contributed by atoms with Crippen LogP contribution in [0.4, 0.5) is 0 Å². The minimum absolute atomic E-state index is 0.0843. The standard InChI is InChI=1S/C39H54O3/c1-5-8-9-10-11-12-13-14-15-19-35(18-6-2)37-20-16-17-21-38(37)42-39(40)36-28-26-34(27-29-36)33-24-22-32(23-25-33)31(4)41-30-7-3/h16-17,20-29,31,35H,5-15,18-19,30H2,1-4H3. The molecule has 0 heterocycles. The Morgan fingerprint density at radius 2 is 1.24 bits per heavy atom. The fourth-order valence-corrected chi connectivity index (χ4v) is 5.71. The Morgan fingerprint density at radius 3 is 1.86 bits per heavy atom. The molecule has 0 fully saturated rings. The average molecular weight is 571 g/mol.